The van der Waals surface area contributed by atoms with Crippen molar-refractivity contribution in [2.24, 2.45) is 0 Å². The highest BCUT2D eigenvalue weighted by Crippen LogP contribution is 2.34. The lowest BCUT2D eigenvalue weighted by atomic mass is 9.95. The van der Waals surface area contributed by atoms with Crippen molar-refractivity contribution in [3.05, 3.63) is 71.8 Å². The Morgan fingerprint density at radius 1 is 1.09 bits per heavy atom. The van der Waals surface area contributed by atoms with Gasteiger partial charge in [0.1, 0.15) is 0 Å². The summed E-state index contributed by atoms with van der Waals surface area (Å²) >= 11 is 0. The molecular formula is C19H20O3. The fraction of sp³-hybridized carbons (Fsp3) is 0.211. The van der Waals surface area contributed by atoms with Gasteiger partial charge in [0, 0.05) is 17.5 Å². The summed E-state index contributed by atoms with van der Waals surface area (Å²) in [4.78, 5) is 12.6. The van der Waals surface area contributed by atoms with Crippen LogP contribution in [0.15, 0.2) is 55.1 Å². The Balaban J connectivity index is 2.41. The van der Waals surface area contributed by atoms with Crippen molar-refractivity contribution in [1.29, 1.82) is 0 Å². The second kappa shape index (κ2) is 7.46. The van der Waals surface area contributed by atoms with E-state index < -0.39 is 0 Å². The fourth-order valence-corrected chi connectivity index (χ4v) is 2.48. The number of carbonyl (C=O) groups is 1. The number of methoxy groups -OCH3 is 2. The Labute approximate surface area is 131 Å². The predicted molar refractivity (Wildman–Crippen MR) is 87.9 cm³/mol. The Morgan fingerprint density at radius 2 is 1.82 bits per heavy atom. The molecule has 0 spiro atoms. The van der Waals surface area contributed by atoms with E-state index in [-0.39, 0.29) is 5.78 Å². The Kier molecular flexibility index (Phi) is 5.37. The molecule has 22 heavy (non-hydrogen) atoms. The fourth-order valence-electron chi connectivity index (χ4n) is 2.48. The summed E-state index contributed by atoms with van der Waals surface area (Å²) < 4.78 is 10.7. The van der Waals surface area contributed by atoms with Gasteiger partial charge in [0.25, 0.3) is 0 Å². The summed E-state index contributed by atoms with van der Waals surface area (Å²) in [5.41, 5.74) is 2.46. The number of ether oxygens (including phenoxy) is 2. The Hall–Kier alpha value is -2.55. The van der Waals surface area contributed by atoms with Gasteiger partial charge in [-0.15, -0.1) is 6.58 Å². The van der Waals surface area contributed by atoms with E-state index in [1.54, 1.807) is 32.4 Å². The summed E-state index contributed by atoms with van der Waals surface area (Å²) in [6.07, 6.45) is 2.67. The van der Waals surface area contributed by atoms with Crippen LogP contribution in [0.25, 0.3) is 0 Å². The van der Waals surface area contributed by atoms with Crippen LogP contribution in [0, 0.1) is 0 Å². The number of Topliss-reactive ketones (excluding diaryl/α,β-unsaturated/α-hetero) is 1. The summed E-state index contributed by atoms with van der Waals surface area (Å²) in [6, 6.07) is 13.3. The molecule has 0 atom stereocenters. The van der Waals surface area contributed by atoms with Crippen LogP contribution in [0.1, 0.15) is 21.5 Å². The molecule has 0 aromatic heterocycles. The Bertz CT molecular complexity index is 660. The van der Waals surface area contributed by atoms with Gasteiger partial charge in [0.05, 0.1) is 14.2 Å². The van der Waals surface area contributed by atoms with E-state index in [1.807, 2.05) is 30.3 Å². The maximum Gasteiger partial charge on any atom is 0.167 e. The van der Waals surface area contributed by atoms with Crippen LogP contribution in [0.5, 0.6) is 11.5 Å². The van der Waals surface area contributed by atoms with Crippen LogP contribution in [-0.2, 0) is 12.8 Å². The number of rotatable bonds is 7. The maximum absolute atomic E-state index is 12.6. The Morgan fingerprint density at radius 3 is 2.41 bits per heavy atom. The molecule has 3 nitrogen and oxygen atoms in total. The van der Waals surface area contributed by atoms with E-state index in [4.69, 9.17) is 9.47 Å². The molecule has 0 aliphatic carbocycles. The minimum atomic E-state index is 0.0593. The van der Waals surface area contributed by atoms with Gasteiger partial charge >= 0.3 is 0 Å². The van der Waals surface area contributed by atoms with E-state index in [0.29, 0.717) is 29.9 Å². The zero-order chi connectivity index (χ0) is 15.9. The maximum atomic E-state index is 12.6. The van der Waals surface area contributed by atoms with Crippen LogP contribution < -0.4 is 9.47 Å². The lowest BCUT2D eigenvalue weighted by Gasteiger charge is -2.15. The minimum absolute atomic E-state index is 0.0593. The second-order valence-corrected chi connectivity index (χ2v) is 4.91. The van der Waals surface area contributed by atoms with Gasteiger partial charge in [-0.25, -0.2) is 0 Å². The molecule has 2 aromatic carbocycles. The quantitative estimate of drug-likeness (QED) is 0.575. The van der Waals surface area contributed by atoms with Gasteiger partial charge in [-0.1, -0.05) is 36.4 Å². The summed E-state index contributed by atoms with van der Waals surface area (Å²) in [5.74, 6) is 1.28. The van der Waals surface area contributed by atoms with Crippen LogP contribution in [0.4, 0.5) is 0 Å². The van der Waals surface area contributed by atoms with Gasteiger partial charge in [-0.3, -0.25) is 4.79 Å². The lowest BCUT2D eigenvalue weighted by Crippen LogP contribution is -2.09. The van der Waals surface area contributed by atoms with Crippen molar-refractivity contribution in [3.8, 4) is 11.5 Å². The van der Waals surface area contributed by atoms with Gasteiger partial charge in [0.2, 0.25) is 0 Å². The number of hydrogen-bond donors (Lipinski definition) is 0. The van der Waals surface area contributed by atoms with Crippen molar-refractivity contribution < 1.29 is 14.3 Å². The van der Waals surface area contributed by atoms with Crippen molar-refractivity contribution >= 4 is 5.78 Å². The molecule has 114 valence electrons. The van der Waals surface area contributed by atoms with Crippen molar-refractivity contribution in [1.82, 2.24) is 0 Å². The average Bonchev–Trinajstić information content (AvgIpc) is 2.55. The van der Waals surface area contributed by atoms with Crippen LogP contribution >= 0.6 is 0 Å². The van der Waals surface area contributed by atoms with Crippen LogP contribution in [-0.4, -0.2) is 20.0 Å². The van der Waals surface area contributed by atoms with E-state index in [2.05, 4.69) is 6.58 Å². The minimum Gasteiger partial charge on any atom is -0.493 e. The molecule has 0 fully saturated rings. The average molecular weight is 296 g/mol. The highest BCUT2D eigenvalue weighted by atomic mass is 16.5. The molecule has 0 N–H and O–H groups in total. The first-order chi connectivity index (χ1) is 10.7. The lowest BCUT2D eigenvalue weighted by molar-refractivity contribution is 0.0991. The molecule has 0 amide bonds. The van der Waals surface area contributed by atoms with Crippen LogP contribution in [0.2, 0.25) is 0 Å². The molecule has 0 saturated heterocycles. The molecule has 0 aliphatic rings. The van der Waals surface area contributed by atoms with E-state index in [9.17, 15) is 4.79 Å². The van der Waals surface area contributed by atoms with Gasteiger partial charge < -0.3 is 9.47 Å². The van der Waals surface area contributed by atoms with Crippen LogP contribution in [0.3, 0.4) is 0 Å². The number of benzene rings is 2. The molecule has 2 aromatic rings. The highest BCUT2D eigenvalue weighted by molar-refractivity contribution is 5.99. The molecule has 0 aliphatic heterocycles. The smallest absolute Gasteiger partial charge is 0.167 e. The molecule has 0 saturated carbocycles. The molecule has 0 unspecified atom stereocenters. The third-order valence-electron chi connectivity index (χ3n) is 3.50. The number of allylic oxidation sites excluding steroid dienone is 1. The number of hydrogen-bond acceptors (Lipinski definition) is 3. The highest BCUT2D eigenvalue weighted by Gasteiger charge is 2.18. The first kappa shape index (κ1) is 15.8. The standard InChI is InChI=1S/C19H20O3/c1-4-8-16-15(11-12-18(21-2)19(16)22-3)17(20)13-14-9-6-5-7-10-14/h4-7,9-12H,1,8,13H2,2-3H3. The van der Waals surface area contributed by atoms with E-state index >= 15 is 0 Å². The summed E-state index contributed by atoms with van der Waals surface area (Å²) in [6.45, 7) is 3.76. The first-order valence-electron chi connectivity index (χ1n) is 7.13. The van der Waals surface area contributed by atoms with E-state index in [0.717, 1.165) is 11.1 Å². The normalized spacial score (nSPS) is 10.1. The van der Waals surface area contributed by atoms with Crippen molar-refractivity contribution in [3.63, 3.8) is 0 Å². The SMILES string of the molecule is C=CCc1c(C(=O)Cc2ccccc2)ccc(OC)c1OC. The first-order valence-corrected chi connectivity index (χ1v) is 7.13. The monoisotopic (exact) mass is 296 g/mol. The third-order valence-corrected chi connectivity index (χ3v) is 3.50. The van der Waals surface area contributed by atoms with E-state index in [1.165, 1.54) is 0 Å². The zero-order valence-electron chi connectivity index (χ0n) is 13.0. The molecule has 0 bridgehead atoms. The topological polar surface area (TPSA) is 35.5 Å². The second-order valence-electron chi connectivity index (χ2n) is 4.91. The zero-order valence-corrected chi connectivity index (χ0v) is 13.0. The van der Waals surface area contributed by atoms with Gasteiger partial charge in [-0.05, 0) is 24.1 Å². The largest absolute Gasteiger partial charge is 0.493 e. The molecule has 3 heteroatoms. The van der Waals surface area contributed by atoms with Gasteiger partial charge in [-0.2, -0.15) is 0 Å². The third kappa shape index (κ3) is 3.37. The molecular weight excluding hydrogens is 276 g/mol. The van der Waals surface area contributed by atoms with Gasteiger partial charge in [0.15, 0.2) is 17.3 Å². The number of carbonyl (C=O) groups excluding carboxylic acids is 1. The summed E-state index contributed by atoms with van der Waals surface area (Å²) in [7, 11) is 3.16. The number of ketones is 1. The molecule has 2 rings (SSSR count). The van der Waals surface area contributed by atoms with Crippen molar-refractivity contribution in [2.45, 2.75) is 12.8 Å². The molecule has 0 radical (unpaired) electrons. The van der Waals surface area contributed by atoms with Crippen molar-refractivity contribution in [2.75, 3.05) is 14.2 Å². The molecule has 0 heterocycles. The summed E-state index contributed by atoms with van der Waals surface area (Å²) in [5, 5.41) is 0. The predicted octanol–water partition coefficient (Wildman–Crippen LogP) is 3.86.